The molecule has 3 unspecified atom stereocenters. The van der Waals surface area contributed by atoms with Crippen molar-refractivity contribution in [2.24, 2.45) is 5.92 Å². The Morgan fingerprint density at radius 1 is 1.33 bits per heavy atom. The molecule has 5 nitrogen and oxygen atoms in total. The fourth-order valence-electron chi connectivity index (χ4n) is 3.58. The Balaban J connectivity index is 1.74. The van der Waals surface area contributed by atoms with Crippen LogP contribution in [0.3, 0.4) is 0 Å². The summed E-state index contributed by atoms with van der Waals surface area (Å²) in [7, 11) is 0. The Labute approximate surface area is 143 Å². The summed E-state index contributed by atoms with van der Waals surface area (Å²) in [6.07, 6.45) is 4.96. The summed E-state index contributed by atoms with van der Waals surface area (Å²) in [4.78, 5) is 26.2. The first-order valence-corrected chi connectivity index (χ1v) is 8.62. The van der Waals surface area contributed by atoms with Crippen LogP contribution in [0.25, 0.3) is 6.08 Å². The van der Waals surface area contributed by atoms with E-state index < -0.39 is 0 Å². The molecule has 2 amide bonds. The zero-order chi connectivity index (χ0) is 17.1. The van der Waals surface area contributed by atoms with Crippen LogP contribution in [0, 0.1) is 5.92 Å². The summed E-state index contributed by atoms with van der Waals surface area (Å²) in [5.41, 5.74) is 2.10. The number of nitrogens with zero attached hydrogens (tertiary/aromatic N) is 1. The van der Waals surface area contributed by atoms with Crippen molar-refractivity contribution in [3.63, 3.8) is 0 Å². The topological polar surface area (TPSA) is 61.4 Å². The monoisotopic (exact) mass is 327 g/mol. The van der Waals surface area contributed by atoms with Crippen molar-refractivity contribution in [3.05, 3.63) is 41.6 Å². The van der Waals surface area contributed by atoms with E-state index in [1.807, 2.05) is 30.3 Å². The molecule has 0 radical (unpaired) electrons. The van der Waals surface area contributed by atoms with E-state index in [9.17, 15) is 9.59 Å². The summed E-state index contributed by atoms with van der Waals surface area (Å²) < 4.78 is 0. The molecule has 0 saturated carbocycles. The first-order valence-electron chi connectivity index (χ1n) is 8.62. The number of piperidine rings is 1. The molecule has 3 atom stereocenters. The molecule has 5 heteroatoms. The molecule has 2 N–H and O–H groups in total. The minimum absolute atomic E-state index is 0.00935. The summed E-state index contributed by atoms with van der Waals surface area (Å²) in [5.74, 6) is 0.383. The molecule has 128 valence electrons. The van der Waals surface area contributed by atoms with Gasteiger partial charge >= 0.3 is 0 Å². The summed E-state index contributed by atoms with van der Waals surface area (Å²) in [5, 5.41) is 6.51. The van der Waals surface area contributed by atoms with Crippen molar-refractivity contribution >= 4 is 17.9 Å². The highest BCUT2D eigenvalue weighted by Crippen LogP contribution is 2.32. The molecule has 2 aliphatic rings. The van der Waals surface area contributed by atoms with Gasteiger partial charge in [0.2, 0.25) is 11.8 Å². The number of nitrogens with one attached hydrogen (secondary N) is 2. The Morgan fingerprint density at radius 2 is 2.12 bits per heavy atom. The molecule has 0 aliphatic carbocycles. The smallest absolute Gasteiger partial charge is 0.223 e. The Morgan fingerprint density at radius 3 is 2.88 bits per heavy atom. The van der Waals surface area contributed by atoms with Gasteiger partial charge in [-0.1, -0.05) is 31.2 Å². The largest absolute Gasteiger partial charge is 0.353 e. The van der Waals surface area contributed by atoms with Crippen LogP contribution in [0.4, 0.5) is 0 Å². The van der Waals surface area contributed by atoms with E-state index >= 15 is 0 Å². The number of carbonyl (C=O) groups excluding carboxylic acids is 2. The first kappa shape index (κ1) is 16.7. The lowest BCUT2D eigenvalue weighted by Gasteiger charge is -2.34. The predicted molar refractivity (Wildman–Crippen MR) is 93.9 cm³/mol. The SMILES string of the molecule is CC(=O)N1C=Cc2ccccc2C1CC(=O)NC1CCNCC1C. The molecule has 1 aromatic carbocycles. The van der Waals surface area contributed by atoms with Crippen LogP contribution in [0.1, 0.15) is 43.9 Å². The number of hydrogen-bond donors (Lipinski definition) is 2. The third kappa shape index (κ3) is 3.51. The van der Waals surface area contributed by atoms with Gasteiger partial charge in [-0.15, -0.1) is 0 Å². The van der Waals surface area contributed by atoms with Gasteiger partial charge in [0.15, 0.2) is 0 Å². The minimum atomic E-state index is -0.235. The molecule has 1 saturated heterocycles. The maximum absolute atomic E-state index is 12.6. The molecule has 24 heavy (non-hydrogen) atoms. The van der Waals surface area contributed by atoms with E-state index in [0.29, 0.717) is 5.92 Å². The standard InChI is InChI=1S/C19H25N3O2/c1-13-12-20-9-7-17(13)21-19(24)11-18-16-6-4-3-5-15(16)8-10-22(18)14(2)23/h3-6,8,10,13,17-18,20H,7,9,11-12H2,1-2H3,(H,21,24). The molecule has 1 aromatic rings. The maximum atomic E-state index is 12.6. The van der Waals surface area contributed by atoms with Crippen molar-refractivity contribution in [2.75, 3.05) is 13.1 Å². The van der Waals surface area contributed by atoms with Gasteiger partial charge in [-0.2, -0.15) is 0 Å². The highest BCUT2D eigenvalue weighted by molar-refractivity contribution is 5.82. The van der Waals surface area contributed by atoms with Crippen LogP contribution >= 0.6 is 0 Å². The average molecular weight is 327 g/mol. The quantitative estimate of drug-likeness (QED) is 0.893. The van der Waals surface area contributed by atoms with Gasteiger partial charge < -0.3 is 15.5 Å². The van der Waals surface area contributed by atoms with Crippen LogP contribution < -0.4 is 10.6 Å². The molecular weight excluding hydrogens is 302 g/mol. The molecular formula is C19H25N3O2. The number of fused-ring (bicyclic) bond motifs is 1. The Bertz CT molecular complexity index is 656. The third-order valence-electron chi connectivity index (χ3n) is 4.98. The molecule has 1 fully saturated rings. The van der Waals surface area contributed by atoms with Crippen molar-refractivity contribution < 1.29 is 9.59 Å². The lowest BCUT2D eigenvalue weighted by Crippen LogP contribution is -2.49. The van der Waals surface area contributed by atoms with Crippen molar-refractivity contribution in [1.82, 2.24) is 15.5 Å². The molecule has 2 aliphatic heterocycles. The van der Waals surface area contributed by atoms with E-state index in [1.54, 1.807) is 11.1 Å². The van der Waals surface area contributed by atoms with E-state index in [4.69, 9.17) is 0 Å². The second-order valence-electron chi connectivity index (χ2n) is 6.73. The zero-order valence-electron chi connectivity index (χ0n) is 14.3. The van der Waals surface area contributed by atoms with Crippen molar-refractivity contribution in [2.45, 2.75) is 38.8 Å². The molecule has 0 spiro atoms. The van der Waals surface area contributed by atoms with E-state index in [0.717, 1.165) is 30.6 Å². The normalized spacial score (nSPS) is 25.9. The summed E-state index contributed by atoms with van der Waals surface area (Å²) in [6.45, 7) is 5.55. The lowest BCUT2D eigenvalue weighted by atomic mass is 9.92. The van der Waals surface area contributed by atoms with E-state index in [1.165, 1.54) is 6.92 Å². The van der Waals surface area contributed by atoms with Crippen molar-refractivity contribution in [1.29, 1.82) is 0 Å². The minimum Gasteiger partial charge on any atom is -0.353 e. The van der Waals surface area contributed by atoms with Crippen LogP contribution in [-0.2, 0) is 9.59 Å². The van der Waals surface area contributed by atoms with E-state index in [2.05, 4.69) is 17.6 Å². The van der Waals surface area contributed by atoms with Gasteiger partial charge in [-0.05, 0) is 42.6 Å². The van der Waals surface area contributed by atoms with Gasteiger partial charge in [0, 0.05) is 19.2 Å². The highest BCUT2D eigenvalue weighted by Gasteiger charge is 2.30. The van der Waals surface area contributed by atoms with E-state index in [-0.39, 0.29) is 30.3 Å². The van der Waals surface area contributed by atoms with Crippen LogP contribution in [0.15, 0.2) is 30.5 Å². The Kier molecular flexibility index (Phi) is 5.00. The molecule has 3 rings (SSSR count). The molecule has 0 bridgehead atoms. The van der Waals surface area contributed by atoms with Crippen LogP contribution in [0.2, 0.25) is 0 Å². The van der Waals surface area contributed by atoms with Crippen LogP contribution in [0.5, 0.6) is 0 Å². The van der Waals surface area contributed by atoms with Gasteiger partial charge in [0.25, 0.3) is 0 Å². The predicted octanol–water partition coefficient (Wildman–Crippen LogP) is 2.06. The van der Waals surface area contributed by atoms with Crippen molar-refractivity contribution in [3.8, 4) is 0 Å². The lowest BCUT2D eigenvalue weighted by molar-refractivity contribution is -0.130. The second-order valence-corrected chi connectivity index (χ2v) is 6.73. The maximum Gasteiger partial charge on any atom is 0.223 e. The fourth-order valence-corrected chi connectivity index (χ4v) is 3.58. The average Bonchev–Trinajstić information content (AvgIpc) is 2.57. The number of hydrogen-bond acceptors (Lipinski definition) is 3. The van der Waals surface area contributed by atoms with Crippen LogP contribution in [-0.4, -0.2) is 35.8 Å². The summed E-state index contributed by atoms with van der Waals surface area (Å²) in [6, 6.07) is 7.92. The number of carbonyl (C=O) groups is 2. The first-order chi connectivity index (χ1) is 11.6. The summed E-state index contributed by atoms with van der Waals surface area (Å²) >= 11 is 0. The number of rotatable bonds is 3. The molecule has 0 aromatic heterocycles. The molecule has 2 heterocycles. The Hall–Kier alpha value is -2.14. The number of benzene rings is 1. The van der Waals surface area contributed by atoms with Gasteiger partial charge in [-0.3, -0.25) is 9.59 Å². The van der Waals surface area contributed by atoms with Gasteiger partial charge in [0.05, 0.1) is 12.5 Å². The van der Waals surface area contributed by atoms with Gasteiger partial charge in [-0.25, -0.2) is 0 Å². The number of amides is 2. The fraction of sp³-hybridized carbons (Fsp3) is 0.474. The zero-order valence-corrected chi connectivity index (χ0v) is 14.3. The highest BCUT2D eigenvalue weighted by atomic mass is 16.2. The van der Waals surface area contributed by atoms with Gasteiger partial charge in [0.1, 0.15) is 0 Å². The third-order valence-corrected chi connectivity index (χ3v) is 4.98. The second kappa shape index (κ2) is 7.18.